The van der Waals surface area contributed by atoms with Crippen molar-refractivity contribution in [1.82, 2.24) is 0 Å². The van der Waals surface area contributed by atoms with Gasteiger partial charge in [0.2, 0.25) is 0 Å². The highest BCUT2D eigenvalue weighted by molar-refractivity contribution is 5.71. The van der Waals surface area contributed by atoms with Gasteiger partial charge in [0, 0.05) is 38.4 Å². The summed E-state index contributed by atoms with van der Waals surface area (Å²) < 4.78 is 10.4. The minimum Gasteiger partial charge on any atom is -0.481 e. The zero-order valence-electron chi connectivity index (χ0n) is 12.5. The van der Waals surface area contributed by atoms with Crippen molar-refractivity contribution >= 4 is 11.7 Å². The molecule has 116 valence electrons. The number of rotatable bonds is 9. The topological polar surface area (TPSA) is 59.0 Å². The molecule has 0 fully saturated rings. The fourth-order valence-corrected chi connectivity index (χ4v) is 2.78. The number of carboxylic acid groups (broad SMARTS) is 1. The lowest BCUT2D eigenvalue weighted by Gasteiger charge is -2.19. The van der Waals surface area contributed by atoms with Crippen molar-refractivity contribution in [2.75, 3.05) is 44.9 Å². The van der Waals surface area contributed by atoms with Crippen molar-refractivity contribution < 1.29 is 19.4 Å². The Bertz CT molecular complexity index is 463. The van der Waals surface area contributed by atoms with Crippen molar-refractivity contribution in [1.29, 1.82) is 0 Å². The molecule has 0 bridgehead atoms. The maximum absolute atomic E-state index is 11.0. The van der Waals surface area contributed by atoms with Crippen molar-refractivity contribution in [2.24, 2.45) is 0 Å². The standard InChI is InChI=1S/C16H23NO4/c1-20-9-10-21-8-4-7-17-12-13(11-16(18)19)14-5-2-3-6-15(14)17/h2-3,5-6,13H,4,7-12H2,1H3,(H,18,19). The molecule has 0 spiro atoms. The number of carbonyl (C=O) groups is 1. The largest absolute Gasteiger partial charge is 0.481 e. The van der Waals surface area contributed by atoms with Crippen molar-refractivity contribution in [3.05, 3.63) is 29.8 Å². The molecule has 2 rings (SSSR count). The smallest absolute Gasteiger partial charge is 0.304 e. The van der Waals surface area contributed by atoms with Crippen LogP contribution in [0.25, 0.3) is 0 Å². The van der Waals surface area contributed by atoms with E-state index in [4.69, 9.17) is 14.6 Å². The van der Waals surface area contributed by atoms with Crippen LogP contribution in [0, 0.1) is 0 Å². The van der Waals surface area contributed by atoms with E-state index in [2.05, 4.69) is 11.0 Å². The van der Waals surface area contributed by atoms with Gasteiger partial charge in [0.1, 0.15) is 0 Å². The van der Waals surface area contributed by atoms with Gasteiger partial charge in [0.25, 0.3) is 0 Å². The van der Waals surface area contributed by atoms with Crippen LogP contribution >= 0.6 is 0 Å². The summed E-state index contributed by atoms with van der Waals surface area (Å²) in [7, 11) is 1.66. The number of hydrogen-bond donors (Lipinski definition) is 1. The molecule has 1 atom stereocenters. The van der Waals surface area contributed by atoms with Crippen LogP contribution in [0.1, 0.15) is 24.3 Å². The third kappa shape index (κ3) is 4.44. The fourth-order valence-electron chi connectivity index (χ4n) is 2.78. The van der Waals surface area contributed by atoms with E-state index in [0.717, 1.165) is 25.1 Å². The Morgan fingerprint density at radius 1 is 1.33 bits per heavy atom. The quantitative estimate of drug-likeness (QED) is 0.707. The molecule has 1 N–H and O–H groups in total. The van der Waals surface area contributed by atoms with Gasteiger partial charge >= 0.3 is 5.97 Å². The Kier molecular flexibility index (Phi) is 6.02. The van der Waals surface area contributed by atoms with E-state index in [1.165, 1.54) is 5.69 Å². The summed E-state index contributed by atoms with van der Waals surface area (Å²) in [4.78, 5) is 13.2. The van der Waals surface area contributed by atoms with E-state index >= 15 is 0 Å². The summed E-state index contributed by atoms with van der Waals surface area (Å²) in [6.45, 7) is 3.61. The van der Waals surface area contributed by atoms with Gasteiger partial charge in [-0.3, -0.25) is 4.79 Å². The number of fused-ring (bicyclic) bond motifs is 1. The number of nitrogens with zero attached hydrogens (tertiary/aromatic N) is 1. The first-order chi connectivity index (χ1) is 10.2. The Morgan fingerprint density at radius 2 is 2.14 bits per heavy atom. The van der Waals surface area contributed by atoms with Gasteiger partial charge in [-0.1, -0.05) is 18.2 Å². The summed E-state index contributed by atoms with van der Waals surface area (Å²) in [5.41, 5.74) is 2.32. The summed E-state index contributed by atoms with van der Waals surface area (Å²) in [6, 6.07) is 8.09. The van der Waals surface area contributed by atoms with Crippen molar-refractivity contribution in [3.8, 4) is 0 Å². The average Bonchev–Trinajstić information content (AvgIpc) is 2.81. The first-order valence-electron chi connectivity index (χ1n) is 7.34. The highest BCUT2D eigenvalue weighted by atomic mass is 16.5. The predicted molar refractivity (Wildman–Crippen MR) is 81.0 cm³/mol. The second-order valence-electron chi connectivity index (χ2n) is 5.26. The summed E-state index contributed by atoms with van der Waals surface area (Å²) >= 11 is 0. The number of ether oxygens (including phenoxy) is 2. The molecule has 5 nitrogen and oxygen atoms in total. The molecule has 1 heterocycles. The molecule has 0 saturated heterocycles. The van der Waals surface area contributed by atoms with Crippen LogP contribution in [0.3, 0.4) is 0 Å². The van der Waals surface area contributed by atoms with E-state index in [9.17, 15) is 4.79 Å². The summed E-state index contributed by atoms with van der Waals surface area (Å²) in [6.07, 6.45) is 1.12. The molecule has 0 amide bonds. The molecular formula is C16H23NO4. The van der Waals surface area contributed by atoms with Crippen LogP contribution in [-0.4, -0.2) is 51.1 Å². The number of benzene rings is 1. The lowest BCUT2D eigenvalue weighted by molar-refractivity contribution is -0.137. The lowest BCUT2D eigenvalue weighted by atomic mass is 9.98. The number of anilines is 1. The number of carboxylic acids is 1. The van der Waals surface area contributed by atoms with Gasteiger partial charge in [0.05, 0.1) is 19.6 Å². The van der Waals surface area contributed by atoms with E-state index in [0.29, 0.717) is 19.8 Å². The van der Waals surface area contributed by atoms with Gasteiger partial charge in [-0.2, -0.15) is 0 Å². The van der Waals surface area contributed by atoms with Crippen LogP contribution < -0.4 is 4.90 Å². The Hall–Kier alpha value is -1.59. The van der Waals surface area contributed by atoms with Crippen LogP contribution in [0.5, 0.6) is 0 Å². The van der Waals surface area contributed by atoms with Gasteiger partial charge in [-0.25, -0.2) is 0 Å². The van der Waals surface area contributed by atoms with Crippen LogP contribution in [-0.2, 0) is 14.3 Å². The normalized spacial score (nSPS) is 17.0. The molecule has 1 aliphatic heterocycles. The Labute approximate surface area is 125 Å². The van der Waals surface area contributed by atoms with Crippen molar-refractivity contribution in [3.63, 3.8) is 0 Å². The third-order valence-corrected chi connectivity index (χ3v) is 3.73. The molecule has 0 saturated carbocycles. The second kappa shape index (κ2) is 8.00. The van der Waals surface area contributed by atoms with Crippen molar-refractivity contribution in [2.45, 2.75) is 18.8 Å². The average molecular weight is 293 g/mol. The predicted octanol–water partition coefficient (Wildman–Crippen LogP) is 2.12. The van der Waals surface area contributed by atoms with Gasteiger partial charge in [0.15, 0.2) is 0 Å². The maximum atomic E-state index is 11.0. The number of methoxy groups -OCH3 is 1. The minimum absolute atomic E-state index is 0.0908. The first kappa shape index (κ1) is 15.8. The molecule has 0 aliphatic carbocycles. The Morgan fingerprint density at radius 3 is 2.90 bits per heavy atom. The fraction of sp³-hybridized carbons (Fsp3) is 0.562. The number of aliphatic carboxylic acids is 1. The Balaban J connectivity index is 1.85. The highest BCUT2D eigenvalue weighted by Crippen LogP contribution is 2.37. The summed E-state index contributed by atoms with van der Waals surface area (Å²) in [5.74, 6) is -0.646. The van der Waals surface area contributed by atoms with Crippen LogP contribution in [0.4, 0.5) is 5.69 Å². The van der Waals surface area contributed by atoms with E-state index in [1.54, 1.807) is 7.11 Å². The van der Waals surface area contributed by atoms with E-state index in [-0.39, 0.29) is 12.3 Å². The molecule has 1 aromatic rings. The van der Waals surface area contributed by atoms with Gasteiger partial charge in [-0.05, 0) is 18.1 Å². The minimum atomic E-state index is -0.737. The molecule has 21 heavy (non-hydrogen) atoms. The van der Waals surface area contributed by atoms with E-state index < -0.39 is 5.97 Å². The second-order valence-corrected chi connectivity index (χ2v) is 5.26. The molecule has 1 aliphatic rings. The number of para-hydroxylation sites is 1. The molecule has 1 unspecified atom stereocenters. The SMILES string of the molecule is COCCOCCCN1CC(CC(=O)O)c2ccccc21. The molecule has 5 heteroatoms. The molecule has 1 aromatic carbocycles. The van der Waals surface area contributed by atoms with Gasteiger partial charge in [-0.15, -0.1) is 0 Å². The first-order valence-corrected chi connectivity index (χ1v) is 7.34. The van der Waals surface area contributed by atoms with Crippen LogP contribution in [0.2, 0.25) is 0 Å². The third-order valence-electron chi connectivity index (χ3n) is 3.73. The molecule has 0 radical (unpaired) electrons. The lowest BCUT2D eigenvalue weighted by Crippen LogP contribution is -2.25. The monoisotopic (exact) mass is 293 g/mol. The zero-order chi connectivity index (χ0) is 15.1. The summed E-state index contributed by atoms with van der Waals surface area (Å²) in [5, 5.41) is 9.03. The molecule has 0 aromatic heterocycles. The zero-order valence-corrected chi connectivity index (χ0v) is 12.5. The van der Waals surface area contributed by atoms with E-state index in [1.807, 2.05) is 18.2 Å². The molecular weight excluding hydrogens is 270 g/mol. The maximum Gasteiger partial charge on any atom is 0.304 e. The van der Waals surface area contributed by atoms with Gasteiger partial charge < -0.3 is 19.5 Å². The van der Waals surface area contributed by atoms with Crippen LogP contribution in [0.15, 0.2) is 24.3 Å². The highest BCUT2D eigenvalue weighted by Gasteiger charge is 2.29. The number of hydrogen-bond acceptors (Lipinski definition) is 4.